The first-order valence-corrected chi connectivity index (χ1v) is 20.2. The van der Waals surface area contributed by atoms with Gasteiger partial charge in [0.2, 0.25) is 12.8 Å². The Morgan fingerprint density at radius 3 is 1.40 bits per heavy atom. The molecule has 6 rings (SSSR count). The highest BCUT2D eigenvalue weighted by molar-refractivity contribution is 6.12. The van der Waals surface area contributed by atoms with Gasteiger partial charge in [-0.25, -0.2) is 0 Å². The van der Waals surface area contributed by atoms with Crippen LogP contribution in [0.1, 0.15) is 12.8 Å². The van der Waals surface area contributed by atoms with E-state index in [0.717, 1.165) is 25.8 Å². The highest BCUT2D eigenvalue weighted by atomic mass is 16.5. The number of amides is 2. The lowest BCUT2D eigenvalue weighted by Crippen LogP contribution is -2.32. The number of fused-ring (bicyclic) bond motifs is 4. The van der Waals surface area contributed by atoms with Gasteiger partial charge in [-0.05, 0) is 128 Å². The smallest absolute Gasteiger partial charge is 0.214 e. The zero-order valence-electron chi connectivity index (χ0n) is 35.7. The fraction of sp³-hybridized carbons (Fsp3) is 0.378. The Labute approximate surface area is 349 Å². The van der Waals surface area contributed by atoms with Gasteiger partial charge >= 0.3 is 0 Å². The minimum atomic E-state index is -0.265. The van der Waals surface area contributed by atoms with Gasteiger partial charge in [-0.1, -0.05) is 0 Å². The van der Waals surface area contributed by atoms with E-state index in [1.807, 2.05) is 74.2 Å². The minimum Gasteiger partial charge on any atom is -0.497 e. The molecule has 2 aromatic heterocycles. The molecular weight excluding hydrogens is 763 g/mol. The van der Waals surface area contributed by atoms with Crippen molar-refractivity contribution in [2.75, 3.05) is 117 Å². The van der Waals surface area contributed by atoms with Gasteiger partial charge in [0.15, 0.2) is 10.9 Å². The summed E-state index contributed by atoms with van der Waals surface area (Å²) in [6.07, 6.45) is 3.06. The second-order valence-corrected chi connectivity index (χ2v) is 15.6. The second kappa shape index (κ2) is 19.4. The lowest BCUT2D eigenvalue weighted by Gasteiger charge is -2.31. The predicted molar refractivity (Wildman–Crippen MR) is 244 cm³/mol. The number of anilines is 4. The molecule has 0 spiro atoms. The molecule has 4 N–H and O–H groups in total. The number of rotatable bonds is 21. The van der Waals surface area contributed by atoms with Crippen molar-refractivity contribution in [3.63, 3.8) is 0 Å². The summed E-state index contributed by atoms with van der Waals surface area (Å²) in [7, 11) is 12.9. The van der Waals surface area contributed by atoms with E-state index < -0.39 is 0 Å². The van der Waals surface area contributed by atoms with Gasteiger partial charge in [0, 0.05) is 43.5 Å². The Bertz CT molecular complexity index is 2440. The molecule has 0 atom stereocenters. The van der Waals surface area contributed by atoms with Gasteiger partial charge in [-0.15, -0.1) is 0 Å². The summed E-state index contributed by atoms with van der Waals surface area (Å²) in [5.41, 5.74) is 9.60. The molecule has 0 unspecified atom stereocenters. The molecule has 0 aliphatic rings. The number of H-pyrrole nitrogens is 2. The SMILES string of the molecule is COc1ccc2[nH]c3c(N(C=O)CCN(C)C)ccc(N(CCCN(C)CCCN)c4ccc(N(C=O)CCN(C)C)c5[nH]c6ccc(OC)cc6c(=O)c45)c3c(=O)c2c1. The van der Waals surface area contributed by atoms with E-state index in [0.29, 0.717) is 130 Å². The first kappa shape index (κ1) is 43.6. The van der Waals surface area contributed by atoms with Crippen LogP contribution in [-0.2, 0) is 9.59 Å². The third-order valence-corrected chi connectivity index (χ3v) is 10.9. The lowest BCUT2D eigenvalue weighted by atomic mass is 10.0. The molecular formula is C45H57N9O6. The number of ether oxygens (including phenoxy) is 2. The molecule has 318 valence electrons. The number of methoxy groups -OCH3 is 2. The van der Waals surface area contributed by atoms with Crippen LogP contribution < -0.4 is 40.8 Å². The van der Waals surface area contributed by atoms with E-state index in [1.54, 1.807) is 60.4 Å². The van der Waals surface area contributed by atoms with Crippen molar-refractivity contribution in [1.29, 1.82) is 0 Å². The number of aromatic nitrogens is 2. The molecule has 15 nitrogen and oxygen atoms in total. The fourth-order valence-corrected chi connectivity index (χ4v) is 7.65. The zero-order valence-corrected chi connectivity index (χ0v) is 35.7. The molecule has 0 radical (unpaired) electrons. The largest absolute Gasteiger partial charge is 0.497 e. The van der Waals surface area contributed by atoms with Crippen molar-refractivity contribution in [2.24, 2.45) is 5.73 Å². The van der Waals surface area contributed by atoms with Crippen molar-refractivity contribution >= 4 is 79.2 Å². The van der Waals surface area contributed by atoms with Crippen LogP contribution in [0, 0.1) is 0 Å². The molecule has 0 saturated heterocycles. The Morgan fingerprint density at radius 2 is 1.00 bits per heavy atom. The maximum absolute atomic E-state index is 15.1. The Balaban J connectivity index is 1.70. The summed E-state index contributed by atoms with van der Waals surface area (Å²) >= 11 is 0. The molecule has 15 heteroatoms. The van der Waals surface area contributed by atoms with Crippen LogP contribution in [0.4, 0.5) is 22.7 Å². The summed E-state index contributed by atoms with van der Waals surface area (Å²) < 4.78 is 11.1. The molecule has 2 amide bonds. The number of carbonyl (C=O) groups excluding carboxylic acids is 2. The van der Waals surface area contributed by atoms with E-state index in [9.17, 15) is 9.59 Å². The third kappa shape index (κ3) is 9.09. The summed E-state index contributed by atoms with van der Waals surface area (Å²) in [5, 5.41) is 1.51. The Morgan fingerprint density at radius 1 is 0.567 bits per heavy atom. The number of nitrogens with one attached hydrogen (secondary N) is 2. The molecule has 0 saturated carbocycles. The maximum Gasteiger partial charge on any atom is 0.214 e. The van der Waals surface area contributed by atoms with Crippen LogP contribution in [0.2, 0.25) is 0 Å². The number of hydrogen-bond acceptors (Lipinski definition) is 11. The number of hydrogen-bond donors (Lipinski definition) is 3. The first-order chi connectivity index (χ1) is 28.9. The molecule has 2 heterocycles. The van der Waals surface area contributed by atoms with Crippen LogP contribution in [0.5, 0.6) is 11.5 Å². The monoisotopic (exact) mass is 819 g/mol. The Hall–Kier alpha value is -6.00. The van der Waals surface area contributed by atoms with E-state index in [2.05, 4.69) is 14.9 Å². The lowest BCUT2D eigenvalue weighted by molar-refractivity contribution is -0.108. The normalized spacial score (nSPS) is 11.7. The van der Waals surface area contributed by atoms with Crippen molar-refractivity contribution in [1.82, 2.24) is 24.7 Å². The fourth-order valence-electron chi connectivity index (χ4n) is 7.65. The molecule has 0 fully saturated rings. The number of benzene rings is 4. The van der Waals surface area contributed by atoms with Crippen LogP contribution in [-0.4, -0.2) is 139 Å². The molecule has 60 heavy (non-hydrogen) atoms. The van der Waals surface area contributed by atoms with Gasteiger partial charge < -0.3 is 54.6 Å². The van der Waals surface area contributed by atoms with Gasteiger partial charge in [0.05, 0.1) is 69.8 Å². The third-order valence-electron chi connectivity index (χ3n) is 10.9. The summed E-state index contributed by atoms with van der Waals surface area (Å²) in [4.78, 5) is 74.0. The van der Waals surface area contributed by atoms with Crippen LogP contribution in [0.3, 0.4) is 0 Å². The van der Waals surface area contributed by atoms with Crippen molar-refractivity contribution in [2.45, 2.75) is 12.8 Å². The number of carbonyl (C=O) groups is 2. The topological polar surface area (TPSA) is 164 Å². The standard InChI is InChI=1S/C45H57N9O6/c1-49(2)22-24-52(28-55)38-16-14-36(40-42(38)47-34-12-10-30(59-6)26-32(34)44(40)57)54(21-9-20-51(5)19-8-18-46)37-15-17-39(53(29-56)25-23-50(3)4)43-41(37)45(58)33-27-31(60-7)11-13-35(33)48-43/h10-17,26-29H,8-9,18-25,46H2,1-7H3,(H,47,57)(H,48,58). The van der Waals surface area contributed by atoms with Crippen LogP contribution >= 0.6 is 0 Å². The molecule has 0 bridgehead atoms. The number of pyridine rings is 2. The van der Waals surface area contributed by atoms with E-state index in [1.165, 1.54) is 0 Å². The van der Waals surface area contributed by atoms with Gasteiger partial charge in [0.1, 0.15) is 11.5 Å². The highest BCUT2D eigenvalue weighted by Gasteiger charge is 2.26. The van der Waals surface area contributed by atoms with Crippen molar-refractivity contribution < 1.29 is 19.1 Å². The summed E-state index contributed by atoms with van der Waals surface area (Å²) in [6, 6.07) is 18.0. The summed E-state index contributed by atoms with van der Waals surface area (Å²) in [6.45, 7) is 4.45. The Kier molecular flexibility index (Phi) is 14.1. The number of nitrogens with two attached hydrogens (primary N) is 1. The van der Waals surface area contributed by atoms with Gasteiger partial charge in [-0.2, -0.15) is 0 Å². The van der Waals surface area contributed by atoms with Crippen molar-refractivity contribution in [3.8, 4) is 11.5 Å². The minimum absolute atomic E-state index is 0.265. The number of likely N-dealkylation sites (N-methyl/N-ethyl adjacent to an activating group) is 2. The first-order valence-electron chi connectivity index (χ1n) is 20.2. The highest BCUT2D eigenvalue weighted by Crippen LogP contribution is 2.40. The average molecular weight is 820 g/mol. The number of aromatic amines is 2. The average Bonchev–Trinajstić information content (AvgIpc) is 3.24. The van der Waals surface area contributed by atoms with Gasteiger partial charge in [0.25, 0.3) is 0 Å². The van der Waals surface area contributed by atoms with Crippen LogP contribution in [0.15, 0.2) is 70.3 Å². The molecule has 6 aromatic rings. The zero-order chi connectivity index (χ0) is 43.1. The van der Waals surface area contributed by atoms with Crippen molar-refractivity contribution in [3.05, 3.63) is 81.1 Å². The number of nitrogens with zero attached hydrogens (tertiary/aromatic N) is 6. The maximum atomic E-state index is 15.1. The molecule has 0 aliphatic carbocycles. The van der Waals surface area contributed by atoms with E-state index in [-0.39, 0.29) is 10.9 Å². The molecule has 0 aliphatic heterocycles. The molecule has 4 aromatic carbocycles. The second-order valence-electron chi connectivity index (χ2n) is 15.6. The van der Waals surface area contributed by atoms with Crippen LogP contribution in [0.25, 0.3) is 43.6 Å². The van der Waals surface area contributed by atoms with Gasteiger partial charge in [-0.3, -0.25) is 19.2 Å². The van der Waals surface area contributed by atoms with E-state index >= 15 is 9.59 Å². The van der Waals surface area contributed by atoms with E-state index in [4.69, 9.17) is 15.2 Å². The predicted octanol–water partition coefficient (Wildman–Crippen LogP) is 4.55. The quantitative estimate of drug-likeness (QED) is 0.0690. The summed E-state index contributed by atoms with van der Waals surface area (Å²) in [5.74, 6) is 1.04.